The number of ether oxygens (including phenoxy) is 1. The van der Waals surface area contributed by atoms with Crippen LogP contribution in [0.5, 0.6) is 11.5 Å². The maximum absolute atomic E-state index is 8.09. The quantitative estimate of drug-likeness (QED) is 0.160. The van der Waals surface area contributed by atoms with E-state index in [1.807, 2.05) is 30.6 Å². The zero-order valence-electron chi connectivity index (χ0n) is 49.1. The second-order valence-corrected chi connectivity index (χ2v) is 24.4. The molecule has 20 rings (SSSR count). The number of pyridine rings is 3. The van der Waals surface area contributed by atoms with Gasteiger partial charge < -0.3 is 18.4 Å². The van der Waals surface area contributed by atoms with Crippen LogP contribution in [0.2, 0.25) is 0 Å². The third-order valence-corrected chi connectivity index (χ3v) is 20.3. The first kappa shape index (κ1) is 49.9. The summed E-state index contributed by atoms with van der Waals surface area (Å²) in [6, 6.07) is 91.0. The fraction of sp³-hybridized carbons (Fsp3) is 0.0357. The first-order valence-electron chi connectivity index (χ1n) is 31.0. The van der Waals surface area contributed by atoms with Crippen LogP contribution in [0, 0.1) is 12.1 Å². The molecule has 0 amide bonds. The lowest BCUT2D eigenvalue weighted by molar-refractivity contribution is 0.432. The Morgan fingerprint density at radius 3 is 1.63 bits per heavy atom. The Balaban J connectivity index is 0.911. The second-order valence-electron chi connectivity index (χ2n) is 24.4. The molecule has 10 aromatic carbocycles. The van der Waals surface area contributed by atoms with Crippen molar-refractivity contribution in [2.24, 2.45) is 0 Å². The highest BCUT2D eigenvalue weighted by Crippen LogP contribution is 2.65. The maximum Gasteiger partial charge on any atom is 0.156 e. The van der Waals surface area contributed by atoms with Gasteiger partial charge in [-0.15, -0.1) is 0 Å². The largest absolute Gasteiger partial charge is 0.452 e. The molecule has 16 aromatic rings. The lowest BCUT2D eigenvalue weighted by atomic mass is 9.65. The molecule has 91 heavy (non-hydrogen) atoms. The fourth-order valence-electron chi connectivity index (χ4n) is 16.7. The third kappa shape index (κ3) is 6.49. The fourth-order valence-corrected chi connectivity index (χ4v) is 16.7. The smallest absolute Gasteiger partial charge is 0.156 e. The average Bonchev–Trinajstić information content (AvgIpc) is 1.58. The molecule has 2 atom stereocenters. The summed E-state index contributed by atoms with van der Waals surface area (Å²) in [5.41, 5.74) is 26.5. The molecule has 0 bridgehead atoms. The number of para-hydroxylation sites is 5. The minimum absolute atomic E-state index is 0.0794. The van der Waals surface area contributed by atoms with Gasteiger partial charge in [0.15, 0.2) is 11.5 Å². The first-order chi connectivity index (χ1) is 45.1. The standard InChI is InChI=1S/C84H50N6O/c1-3-52-57-25-13-17-35-72(57)89(70(52)4-2)75-37-19-32-66-82(75)91-83-67(33-20-38-76(83)90-73-36-18-15-27-59(73)65-45-51(39-40-74(65)90)88-71-34-16-14-26-58(71)60-41-42-85-48-77(60)88)84(66)68-43-49(78-61-28-9-5-21-53(61)54-22-6-10-29-62(54)78)46-86-80(68)81-69(84)44-50(47-87-81)79-63-30-11-7-23-55(63)56-24-8-12-31-64(56)79/h3-11,13-30,32-48,78-79H,1-2H2. The monoisotopic (exact) mass is 1160 g/mol. The lowest BCUT2D eigenvalue weighted by Gasteiger charge is -2.41. The molecule has 3 aliphatic carbocycles. The van der Waals surface area contributed by atoms with Gasteiger partial charge in [-0.25, -0.2) is 0 Å². The van der Waals surface area contributed by atoms with Crippen molar-refractivity contribution in [1.29, 1.82) is 0 Å². The number of rotatable bonds is 7. The summed E-state index contributed by atoms with van der Waals surface area (Å²) in [6.45, 7) is 8.86. The van der Waals surface area contributed by atoms with E-state index >= 15 is 0 Å². The number of hydrogen-bond donors (Lipinski definition) is 0. The number of nitrogens with zero attached hydrogens (tertiary/aromatic N) is 6. The van der Waals surface area contributed by atoms with Crippen molar-refractivity contribution >= 4 is 66.7 Å². The second kappa shape index (κ2) is 18.5. The normalized spacial score (nSPS) is 13.8. The molecule has 6 aromatic heterocycles. The van der Waals surface area contributed by atoms with Crippen molar-refractivity contribution in [1.82, 2.24) is 28.7 Å². The van der Waals surface area contributed by atoms with E-state index in [0.717, 1.165) is 139 Å². The van der Waals surface area contributed by atoms with E-state index in [-0.39, 0.29) is 11.8 Å². The molecule has 0 saturated heterocycles. The third-order valence-electron chi connectivity index (χ3n) is 20.3. The Kier molecular flexibility index (Phi) is 10.1. The summed E-state index contributed by atoms with van der Waals surface area (Å²) in [7, 11) is 0. The lowest BCUT2D eigenvalue weighted by Crippen LogP contribution is -2.33. The highest BCUT2D eigenvalue weighted by atomic mass is 16.5. The molecular formula is C84H50N6O. The van der Waals surface area contributed by atoms with Gasteiger partial charge in [0.05, 0.1) is 67.7 Å². The zero-order valence-corrected chi connectivity index (χ0v) is 49.1. The molecule has 7 heterocycles. The maximum atomic E-state index is 8.09. The van der Waals surface area contributed by atoms with Crippen molar-refractivity contribution in [2.75, 3.05) is 0 Å². The Morgan fingerprint density at radius 2 is 0.967 bits per heavy atom. The molecule has 0 radical (unpaired) electrons. The van der Waals surface area contributed by atoms with E-state index in [9.17, 15) is 0 Å². The summed E-state index contributed by atoms with van der Waals surface area (Å²) in [5.74, 6) is 1.21. The molecule has 2 unspecified atom stereocenters. The van der Waals surface area contributed by atoms with Gasteiger partial charge in [0.2, 0.25) is 0 Å². The summed E-state index contributed by atoms with van der Waals surface area (Å²) < 4.78 is 15.2. The SMILES string of the molecule is C=Cc1c(C=C)n(-c2cccc3c2Oc2c(-n4c5ccccc5c5cc(-n6c7ccccc7c7ccncc76)ccc54)cccc2C32c3cc(C4c5c#cccc5-c5ccccc54)cnc3-c3ncc(C4c5ccccc5-c5ccccc54)cc32)c2ccccc12. The summed E-state index contributed by atoms with van der Waals surface area (Å²) >= 11 is 0. The Hall–Kier alpha value is -12.1. The van der Waals surface area contributed by atoms with Gasteiger partial charge in [-0.1, -0.05) is 183 Å². The van der Waals surface area contributed by atoms with Gasteiger partial charge in [-0.2, -0.15) is 0 Å². The first-order valence-corrected chi connectivity index (χ1v) is 31.0. The number of hydrogen-bond acceptors (Lipinski definition) is 4. The van der Waals surface area contributed by atoms with Gasteiger partial charge >= 0.3 is 0 Å². The van der Waals surface area contributed by atoms with Crippen LogP contribution in [0.1, 0.15) is 78.7 Å². The molecule has 0 saturated carbocycles. The molecule has 422 valence electrons. The van der Waals surface area contributed by atoms with Crippen molar-refractivity contribution in [2.45, 2.75) is 17.3 Å². The average molecular weight is 1160 g/mol. The van der Waals surface area contributed by atoms with E-state index in [0.29, 0.717) is 0 Å². The van der Waals surface area contributed by atoms with Crippen LogP contribution in [0.25, 0.3) is 117 Å². The van der Waals surface area contributed by atoms with Gasteiger partial charge in [0.1, 0.15) is 0 Å². The van der Waals surface area contributed by atoms with Crippen molar-refractivity contribution in [3.8, 4) is 62.2 Å². The van der Waals surface area contributed by atoms with E-state index in [2.05, 4.69) is 281 Å². The van der Waals surface area contributed by atoms with Crippen LogP contribution in [0.4, 0.5) is 0 Å². The van der Waals surface area contributed by atoms with Crippen LogP contribution in [-0.2, 0) is 5.41 Å². The Labute approximate surface area is 524 Å². The van der Waals surface area contributed by atoms with Gasteiger partial charge in [-0.05, 0) is 135 Å². The minimum atomic E-state index is -1.08. The number of benzene rings is 9. The topological polar surface area (TPSA) is 62.7 Å². The van der Waals surface area contributed by atoms with E-state index in [4.69, 9.17) is 14.7 Å². The van der Waals surface area contributed by atoms with Crippen LogP contribution >= 0.6 is 0 Å². The molecule has 0 N–H and O–H groups in total. The van der Waals surface area contributed by atoms with E-state index in [1.165, 1.54) is 44.3 Å². The van der Waals surface area contributed by atoms with Crippen LogP contribution in [0.15, 0.2) is 268 Å². The van der Waals surface area contributed by atoms with Crippen molar-refractivity contribution in [3.05, 3.63) is 347 Å². The molecule has 4 aliphatic rings. The molecule has 7 nitrogen and oxygen atoms in total. The molecular weight excluding hydrogens is 1110 g/mol. The Bertz CT molecular complexity index is 5620. The van der Waals surface area contributed by atoms with E-state index in [1.54, 1.807) is 0 Å². The van der Waals surface area contributed by atoms with Crippen LogP contribution < -0.4 is 4.74 Å². The van der Waals surface area contributed by atoms with Crippen LogP contribution in [-0.4, -0.2) is 28.7 Å². The predicted molar refractivity (Wildman–Crippen MR) is 366 cm³/mol. The minimum Gasteiger partial charge on any atom is -0.452 e. The van der Waals surface area contributed by atoms with Crippen LogP contribution in [0.3, 0.4) is 0 Å². The van der Waals surface area contributed by atoms with Gasteiger partial charge in [0.25, 0.3) is 0 Å². The highest BCUT2D eigenvalue weighted by molar-refractivity contribution is 6.12. The zero-order chi connectivity index (χ0) is 59.8. The summed E-state index contributed by atoms with van der Waals surface area (Å²) in [4.78, 5) is 16.1. The summed E-state index contributed by atoms with van der Waals surface area (Å²) in [5, 5.41) is 5.65. The van der Waals surface area contributed by atoms with Crippen molar-refractivity contribution in [3.63, 3.8) is 0 Å². The highest BCUT2D eigenvalue weighted by Gasteiger charge is 2.55. The summed E-state index contributed by atoms with van der Waals surface area (Å²) in [6.07, 6.45) is 12.0. The Morgan fingerprint density at radius 1 is 0.429 bits per heavy atom. The van der Waals surface area contributed by atoms with Crippen molar-refractivity contribution < 1.29 is 4.74 Å². The molecule has 1 spiro atoms. The predicted octanol–water partition coefficient (Wildman–Crippen LogP) is 19.7. The molecule has 1 aliphatic heterocycles. The van der Waals surface area contributed by atoms with Gasteiger partial charge in [-0.3, -0.25) is 15.0 Å². The number of fused-ring (bicyclic) bond motifs is 22. The van der Waals surface area contributed by atoms with E-state index < -0.39 is 5.41 Å². The number of aromatic nitrogens is 6. The molecule has 0 fully saturated rings. The van der Waals surface area contributed by atoms with Gasteiger partial charge in [0, 0.05) is 96.4 Å². The molecule has 7 heteroatoms.